The number of halogens is 1. The van der Waals surface area contributed by atoms with Crippen LogP contribution in [0.1, 0.15) is 11.3 Å². The monoisotopic (exact) mass is 382 g/mol. The van der Waals surface area contributed by atoms with Crippen molar-refractivity contribution in [2.24, 2.45) is 0 Å². The highest BCUT2D eigenvalue weighted by molar-refractivity contribution is 7.97. The maximum absolute atomic E-state index is 6.18. The lowest BCUT2D eigenvalue weighted by atomic mass is 10.2. The van der Waals surface area contributed by atoms with Gasteiger partial charge in [0.15, 0.2) is 5.76 Å². The first-order valence-electron chi connectivity index (χ1n) is 8.09. The number of aromatic nitrogens is 2. The number of nitrogens with zero attached hydrogens (tertiary/aromatic N) is 2. The van der Waals surface area contributed by atoms with E-state index in [0.29, 0.717) is 17.5 Å². The van der Waals surface area contributed by atoms with Crippen LogP contribution in [0.3, 0.4) is 0 Å². The SMILES string of the molecule is Clc1ccccc1CSCc1ccc(-c2nc(-c3ccccc3)no2)o1. The normalized spacial score (nSPS) is 11.0. The first-order valence-corrected chi connectivity index (χ1v) is 9.62. The van der Waals surface area contributed by atoms with Crippen LogP contribution in [-0.4, -0.2) is 10.1 Å². The Morgan fingerprint density at radius 1 is 0.885 bits per heavy atom. The van der Waals surface area contributed by atoms with Gasteiger partial charge in [0.1, 0.15) is 5.76 Å². The summed E-state index contributed by atoms with van der Waals surface area (Å²) in [6.07, 6.45) is 0. The van der Waals surface area contributed by atoms with Gasteiger partial charge in [0.25, 0.3) is 5.89 Å². The van der Waals surface area contributed by atoms with Crippen molar-refractivity contribution in [3.63, 3.8) is 0 Å². The number of rotatable bonds is 6. The molecular formula is C20H15ClN2O2S. The van der Waals surface area contributed by atoms with E-state index in [4.69, 9.17) is 20.5 Å². The van der Waals surface area contributed by atoms with Crippen LogP contribution in [0.15, 0.2) is 75.7 Å². The molecule has 130 valence electrons. The molecule has 2 heterocycles. The average Bonchev–Trinajstić information content (AvgIpc) is 3.33. The molecule has 2 aromatic carbocycles. The van der Waals surface area contributed by atoms with Gasteiger partial charge in [-0.2, -0.15) is 4.98 Å². The van der Waals surface area contributed by atoms with Crippen LogP contribution < -0.4 is 0 Å². The summed E-state index contributed by atoms with van der Waals surface area (Å²) in [6, 6.07) is 21.4. The van der Waals surface area contributed by atoms with E-state index in [1.165, 1.54) is 0 Å². The van der Waals surface area contributed by atoms with Crippen molar-refractivity contribution in [2.45, 2.75) is 11.5 Å². The Hall–Kier alpha value is -2.50. The Balaban J connectivity index is 1.40. The topological polar surface area (TPSA) is 52.1 Å². The predicted molar refractivity (Wildman–Crippen MR) is 104 cm³/mol. The minimum atomic E-state index is 0.381. The summed E-state index contributed by atoms with van der Waals surface area (Å²) < 4.78 is 11.2. The van der Waals surface area contributed by atoms with Crippen molar-refractivity contribution >= 4 is 23.4 Å². The highest BCUT2D eigenvalue weighted by atomic mass is 35.5. The molecule has 0 aliphatic rings. The van der Waals surface area contributed by atoms with Crippen LogP contribution in [0.4, 0.5) is 0 Å². The van der Waals surface area contributed by atoms with Crippen LogP contribution in [-0.2, 0) is 11.5 Å². The lowest BCUT2D eigenvalue weighted by Gasteiger charge is -2.02. The fourth-order valence-electron chi connectivity index (χ4n) is 2.48. The number of furan rings is 1. The third-order valence-corrected chi connectivity index (χ3v) is 5.16. The lowest BCUT2D eigenvalue weighted by molar-refractivity contribution is 0.413. The lowest BCUT2D eigenvalue weighted by Crippen LogP contribution is -1.83. The Morgan fingerprint density at radius 2 is 1.69 bits per heavy atom. The summed E-state index contributed by atoms with van der Waals surface area (Å²) in [5, 5.41) is 4.81. The summed E-state index contributed by atoms with van der Waals surface area (Å²) in [6.45, 7) is 0. The summed E-state index contributed by atoms with van der Waals surface area (Å²) >= 11 is 7.92. The van der Waals surface area contributed by atoms with Gasteiger partial charge in [-0.05, 0) is 23.8 Å². The zero-order valence-electron chi connectivity index (χ0n) is 13.8. The van der Waals surface area contributed by atoms with Crippen molar-refractivity contribution in [3.05, 3.63) is 83.1 Å². The molecule has 4 aromatic rings. The van der Waals surface area contributed by atoms with E-state index in [-0.39, 0.29) is 0 Å². The first-order chi connectivity index (χ1) is 12.8. The number of hydrogen-bond acceptors (Lipinski definition) is 5. The fourth-order valence-corrected chi connectivity index (χ4v) is 3.69. The molecule has 0 saturated carbocycles. The van der Waals surface area contributed by atoms with Crippen LogP contribution >= 0.6 is 23.4 Å². The van der Waals surface area contributed by atoms with E-state index < -0.39 is 0 Å². The van der Waals surface area contributed by atoms with Crippen LogP contribution in [0.5, 0.6) is 0 Å². The highest BCUT2D eigenvalue weighted by Crippen LogP contribution is 2.27. The molecule has 0 unspecified atom stereocenters. The van der Waals surface area contributed by atoms with Gasteiger partial charge in [-0.15, -0.1) is 11.8 Å². The minimum Gasteiger partial charge on any atom is -0.455 e. The van der Waals surface area contributed by atoms with E-state index in [1.807, 2.05) is 66.7 Å². The molecule has 0 bridgehead atoms. The number of benzene rings is 2. The fraction of sp³-hybridized carbons (Fsp3) is 0.100. The van der Waals surface area contributed by atoms with Gasteiger partial charge in [0.2, 0.25) is 5.82 Å². The van der Waals surface area contributed by atoms with Gasteiger partial charge in [-0.25, -0.2) is 0 Å². The first kappa shape index (κ1) is 16.9. The third kappa shape index (κ3) is 3.84. The van der Waals surface area contributed by atoms with Crippen molar-refractivity contribution in [3.8, 4) is 23.0 Å². The molecule has 0 aliphatic heterocycles. The van der Waals surface area contributed by atoms with Gasteiger partial charge >= 0.3 is 0 Å². The summed E-state index contributed by atoms with van der Waals surface area (Å²) in [5.74, 6) is 3.93. The molecule has 0 spiro atoms. The largest absolute Gasteiger partial charge is 0.455 e. The molecule has 0 amide bonds. The molecule has 4 nitrogen and oxygen atoms in total. The van der Waals surface area contributed by atoms with E-state index in [0.717, 1.165) is 33.4 Å². The van der Waals surface area contributed by atoms with Gasteiger partial charge in [-0.3, -0.25) is 0 Å². The third-order valence-electron chi connectivity index (χ3n) is 3.79. The summed E-state index contributed by atoms with van der Waals surface area (Å²) in [7, 11) is 0. The zero-order chi connectivity index (χ0) is 17.8. The van der Waals surface area contributed by atoms with Gasteiger partial charge in [-0.1, -0.05) is 65.3 Å². The smallest absolute Gasteiger partial charge is 0.293 e. The van der Waals surface area contributed by atoms with Crippen molar-refractivity contribution in [1.29, 1.82) is 0 Å². The second kappa shape index (κ2) is 7.81. The van der Waals surface area contributed by atoms with Crippen LogP contribution in [0.2, 0.25) is 5.02 Å². The quantitative estimate of drug-likeness (QED) is 0.404. The molecular weight excluding hydrogens is 368 g/mol. The van der Waals surface area contributed by atoms with Crippen molar-refractivity contribution in [1.82, 2.24) is 10.1 Å². The van der Waals surface area contributed by atoms with Gasteiger partial charge in [0, 0.05) is 16.3 Å². The molecule has 26 heavy (non-hydrogen) atoms. The molecule has 6 heteroatoms. The van der Waals surface area contributed by atoms with E-state index in [1.54, 1.807) is 11.8 Å². The Bertz CT molecular complexity index is 998. The van der Waals surface area contributed by atoms with E-state index in [2.05, 4.69) is 10.1 Å². The van der Waals surface area contributed by atoms with Gasteiger partial charge < -0.3 is 8.94 Å². The molecule has 2 aromatic heterocycles. The highest BCUT2D eigenvalue weighted by Gasteiger charge is 2.14. The molecule has 0 aliphatic carbocycles. The zero-order valence-corrected chi connectivity index (χ0v) is 15.3. The molecule has 0 saturated heterocycles. The van der Waals surface area contributed by atoms with Crippen LogP contribution in [0, 0.1) is 0 Å². The van der Waals surface area contributed by atoms with Gasteiger partial charge in [0.05, 0.1) is 5.75 Å². The molecule has 4 rings (SSSR count). The van der Waals surface area contributed by atoms with E-state index >= 15 is 0 Å². The number of thioether (sulfide) groups is 1. The van der Waals surface area contributed by atoms with E-state index in [9.17, 15) is 0 Å². The molecule has 0 fully saturated rings. The summed E-state index contributed by atoms with van der Waals surface area (Å²) in [5.41, 5.74) is 2.03. The van der Waals surface area contributed by atoms with Crippen molar-refractivity contribution < 1.29 is 8.94 Å². The molecule has 0 radical (unpaired) electrons. The average molecular weight is 383 g/mol. The number of hydrogen-bond donors (Lipinski definition) is 0. The predicted octanol–water partition coefficient (Wildman–Crippen LogP) is 6.08. The maximum atomic E-state index is 6.18. The molecule has 0 atom stereocenters. The second-order valence-electron chi connectivity index (χ2n) is 5.64. The van der Waals surface area contributed by atoms with Crippen LogP contribution in [0.25, 0.3) is 23.0 Å². The standard InChI is InChI=1S/C20H15ClN2O2S/c21-17-9-5-4-8-15(17)12-26-13-16-10-11-18(24-16)20-22-19(23-25-20)14-6-2-1-3-7-14/h1-11H,12-13H2. The van der Waals surface area contributed by atoms with Crippen molar-refractivity contribution in [2.75, 3.05) is 0 Å². The second-order valence-corrected chi connectivity index (χ2v) is 7.03. The Kier molecular flexibility index (Phi) is 5.09. The maximum Gasteiger partial charge on any atom is 0.293 e. The molecule has 0 N–H and O–H groups in total. The minimum absolute atomic E-state index is 0.381. The Morgan fingerprint density at radius 3 is 2.54 bits per heavy atom. The Labute approximate surface area is 160 Å². The summed E-state index contributed by atoms with van der Waals surface area (Å²) in [4.78, 5) is 4.41.